The van der Waals surface area contributed by atoms with Crippen LogP contribution >= 0.6 is 15.9 Å². The van der Waals surface area contributed by atoms with E-state index in [9.17, 15) is 14.4 Å². The first-order valence-corrected chi connectivity index (χ1v) is 10.2. The average molecular weight is 459 g/mol. The molecule has 0 radical (unpaired) electrons. The lowest BCUT2D eigenvalue weighted by atomic mass is 10.1. The molecule has 1 heterocycles. The van der Waals surface area contributed by atoms with E-state index in [-0.39, 0.29) is 37.2 Å². The number of methoxy groups -OCH3 is 1. The highest BCUT2D eigenvalue weighted by atomic mass is 79.9. The van der Waals surface area contributed by atoms with Gasteiger partial charge in [-0.1, -0.05) is 42.5 Å². The topological polar surface area (TPSA) is 66.9 Å². The number of halogens is 1. The SMILES string of the molecule is COC(=O)CCN(Cc1ccccc1)C(=O)C1CC(=O)N(c2ccccc2Br)C1. The zero-order valence-corrected chi connectivity index (χ0v) is 17.8. The maximum Gasteiger partial charge on any atom is 0.307 e. The molecule has 0 bridgehead atoms. The number of carbonyl (C=O) groups excluding carboxylic acids is 3. The minimum Gasteiger partial charge on any atom is -0.469 e. The van der Waals surface area contributed by atoms with E-state index < -0.39 is 5.92 Å². The fraction of sp³-hybridized carbons (Fsp3) is 0.318. The first kappa shape index (κ1) is 21.0. The number of anilines is 1. The lowest BCUT2D eigenvalue weighted by Gasteiger charge is -2.25. The number of benzene rings is 2. The predicted molar refractivity (Wildman–Crippen MR) is 113 cm³/mol. The molecular formula is C22H23BrN2O4. The molecular weight excluding hydrogens is 436 g/mol. The van der Waals surface area contributed by atoms with E-state index in [2.05, 4.69) is 15.9 Å². The van der Waals surface area contributed by atoms with Gasteiger partial charge in [0.05, 0.1) is 25.1 Å². The Hall–Kier alpha value is -2.67. The molecule has 152 valence electrons. The van der Waals surface area contributed by atoms with Gasteiger partial charge in [-0.15, -0.1) is 0 Å². The number of hydrogen-bond acceptors (Lipinski definition) is 4. The van der Waals surface area contributed by atoms with E-state index in [1.165, 1.54) is 7.11 Å². The standard InChI is InChI=1S/C22H23BrN2O4/c1-29-21(27)11-12-24(14-16-7-3-2-4-8-16)22(28)17-13-20(26)25(15-17)19-10-6-5-9-18(19)23/h2-10,17H,11-15H2,1H3. The Morgan fingerprint density at radius 2 is 1.83 bits per heavy atom. The van der Waals surface area contributed by atoms with Crippen LogP contribution < -0.4 is 4.90 Å². The number of rotatable bonds is 7. The molecule has 0 spiro atoms. The normalized spacial score (nSPS) is 16.0. The molecule has 1 aliphatic rings. The van der Waals surface area contributed by atoms with Crippen LogP contribution in [0.25, 0.3) is 0 Å². The number of amides is 2. The highest BCUT2D eigenvalue weighted by Crippen LogP contribution is 2.32. The molecule has 0 saturated carbocycles. The van der Waals surface area contributed by atoms with Gasteiger partial charge in [0.25, 0.3) is 0 Å². The second kappa shape index (κ2) is 9.69. The van der Waals surface area contributed by atoms with Crippen LogP contribution in [-0.4, -0.2) is 42.9 Å². The summed E-state index contributed by atoms with van der Waals surface area (Å²) in [6.45, 7) is 0.959. The highest BCUT2D eigenvalue weighted by Gasteiger charge is 2.37. The van der Waals surface area contributed by atoms with Gasteiger partial charge in [-0.3, -0.25) is 14.4 Å². The Balaban J connectivity index is 1.75. The third-order valence-corrected chi connectivity index (χ3v) is 5.63. The van der Waals surface area contributed by atoms with Crippen LogP contribution in [0.1, 0.15) is 18.4 Å². The molecule has 7 heteroatoms. The largest absolute Gasteiger partial charge is 0.469 e. The predicted octanol–water partition coefficient (Wildman–Crippen LogP) is 3.39. The summed E-state index contributed by atoms with van der Waals surface area (Å²) in [4.78, 5) is 40.7. The van der Waals surface area contributed by atoms with Crippen LogP contribution in [-0.2, 0) is 25.7 Å². The fourth-order valence-electron chi connectivity index (χ4n) is 3.43. The van der Waals surface area contributed by atoms with Crippen LogP contribution in [0.2, 0.25) is 0 Å². The van der Waals surface area contributed by atoms with Crippen molar-refractivity contribution in [1.29, 1.82) is 0 Å². The first-order chi connectivity index (χ1) is 14.0. The molecule has 2 amide bonds. The molecule has 1 aliphatic heterocycles. The van der Waals surface area contributed by atoms with Crippen molar-refractivity contribution in [2.75, 3.05) is 25.1 Å². The Labute approximate surface area is 178 Å². The molecule has 29 heavy (non-hydrogen) atoms. The second-order valence-electron chi connectivity index (χ2n) is 6.93. The number of carbonyl (C=O) groups is 3. The number of para-hydroxylation sites is 1. The fourth-order valence-corrected chi connectivity index (χ4v) is 3.93. The summed E-state index contributed by atoms with van der Waals surface area (Å²) >= 11 is 3.47. The van der Waals surface area contributed by atoms with Crippen molar-refractivity contribution in [2.45, 2.75) is 19.4 Å². The van der Waals surface area contributed by atoms with Gasteiger partial charge >= 0.3 is 5.97 Å². The number of hydrogen-bond donors (Lipinski definition) is 0. The van der Waals surface area contributed by atoms with E-state index in [1.807, 2.05) is 54.6 Å². The van der Waals surface area contributed by atoms with Crippen molar-refractivity contribution in [2.24, 2.45) is 5.92 Å². The molecule has 1 fully saturated rings. The van der Waals surface area contributed by atoms with Crippen LogP contribution in [0.5, 0.6) is 0 Å². The Bertz CT molecular complexity index is 887. The van der Waals surface area contributed by atoms with Gasteiger partial charge in [-0.05, 0) is 33.6 Å². The van der Waals surface area contributed by atoms with E-state index in [0.717, 1.165) is 15.7 Å². The van der Waals surface area contributed by atoms with Crippen molar-refractivity contribution in [3.05, 3.63) is 64.6 Å². The molecule has 0 aromatic heterocycles. The molecule has 2 aromatic rings. The van der Waals surface area contributed by atoms with Crippen LogP contribution in [0.15, 0.2) is 59.1 Å². The quantitative estimate of drug-likeness (QED) is 0.596. The molecule has 0 N–H and O–H groups in total. The Morgan fingerprint density at radius 1 is 1.14 bits per heavy atom. The number of esters is 1. The zero-order chi connectivity index (χ0) is 20.8. The summed E-state index contributed by atoms with van der Waals surface area (Å²) in [5.41, 5.74) is 1.73. The summed E-state index contributed by atoms with van der Waals surface area (Å²) < 4.78 is 5.53. The summed E-state index contributed by atoms with van der Waals surface area (Å²) in [7, 11) is 1.33. The highest BCUT2D eigenvalue weighted by molar-refractivity contribution is 9.10. The van der Waals surface area contributed by atoms with Gasteiger partial charge in [-0.2, -0.15) is 0 Å². The molecule has 1 saturated heterocycles. The summed E-state index contributed by atoms with van der Waals surface area (Å²) in [6, 6.07) is 17.1. The van der Waals surface area contributed by atoms with Gasteiger partial charge in [0.1, 0.15) is 0 Å². The average Bonchev–Trinajstić information content (AvgIpc) is 3.12. The zero-order valence-electron chi connectivity index (χ0n) is 16.2. The first-order valence-electron chi connectivity index (χ1n) is 9.44. The van der Waals surface area contributed by atoms with Crippen LogP contribution in [0, 0.1) is 5.92 Å². The van der Waals surface area contributed by atoms with E-state index in [0.29, 0.717) is 13.1 Å². The van der Waals surface area contributed by atoms with Gasteiger partial charge in [0.2, 0.25) is 11.8 Å². The summed E-state index contributed by atoms with van der Waals surface area (Å²) in [6.07, 6.45) is 0.271. The van der Waals surface area contributed by atoms with Crippen LogP contribution in [0.4, 0.5) is 5.69 Å². The van der Waals surface area contributed by atoms with Crippen molar-refractivity contribution in [3.8, 4) is 0 Å². The van der Waals surface area contributed by atoms with Crippen LogP contribution in [0.3, 0.4) is 0 Å². The number of ether oxygens (including phenoxy) is 1. The molecule has 1 unspecified atom stereocenters. The van der Waals surface area contributed by atoms with Gasteiger partial charge < -0.3 is 14.5 Å². The summed E-state index contributed by atoms with van der Waals surface area (Å²) in [5.74, 6) is -1.02. The maximum absolute atomic E-state index is 13.2. The molecule has 1 atom stereocenters. The second-order valence-corrected chi connectivity index (χ2v) is 7.78. The number of nitrogens with zero attached hydrogens (tertiary/aromatic N) is 2. The van der Waals surface area contributed by atoms with E-state index >= 15 is 0 Å². The molecule has 2 aromatic carbocycles. The van der Waals surface area contributed by atoms with E-state index in [1.54, 1.807) is 9.80 Å². The van der Waals surface area contributed by atoms with Gasteiger partial charge in [0.15, 0.2) is 0 Å². The smallest absolute Gasteiger partial charge is 0.307 e. The lowest BCUT2D eigenvalue weighted by molar-refractivity contribution is -0.142. The molecule has 6 nitrogen and oxygen atoms in total. The van der Waals surface area contributed by atoms with E-state index in [4.69, 9.17) is 4.74 Å². The van der Waals surface area contributed by atoms with Crippen molar-refractivity contribution >= 4 is 39.4 Å². The maximum atomic E-state index is 13.2. The van der Waals surface area contributed by atoms with Crippen molar-refractivity contribution in [1.82, 2.24) is 4.90 Å². The monoisotopic (exact) mass is 458 g/mol. The summed E-state index contributed by atoms with van der Waals surface area (Å²) in [5, 5.41) is 0. The van der Waals surface area contributed by atoms with Crippen molar-refractivity contribution in [3.63, 3.8) is 0 Å². The van der Waals surface area contributed by atoms with Crippen molar-refractivity contribution < 1.29 is 19.1 Å². The molecule has 0 aliphatic carbocycles. The third kappa shape index (κ3) is 5.23. The lowest BCUT2D eigenvalue weighted by Crippen LogP contribution is -2.38. The van der Waals surface area contributed by atoms with Gasteiger partial charge in [0, 0.05) is 30.5 Å². The molecule has 3 rings (SSSR count). The third-order valence-electron chi connectivity index (χ3n) is 4.96. The minimum absolute atomic E-state index is 0.0807. The Kier molecular flexibility index (Phi) is 7.04. The van der Waals surface area contributed by atoms with Gasteiger partial charge in [-0.25, -0.2) is 0 Å². The minimum atomic E-state index is -0.448. The Morgan fingerprint density at radius 3 is 2.52 bits per heavy atom.